The Bertz CT molecular complexity index is 1020. The van der Waals surface area contributed by atoms with E-state index < -0.39 is 0 Å². The molecule has 3 aromatic rings. The van der Waals surface area contributed by atoms with Crippen molar-refractivity contribution in [3.63, 3.8) is 0 Å². The molecule has 30 heavy (non-hydrogen) atoms. The summed E-state index contributed by atoms with van der Waals surface area (Å²) in [6.07, 6.45) is 2.24. The number of thiophene rings is 1. The molecule has 0 saturated carbocycles. The van der Waals surface area contributed by atoms with Crippen LogP contribution in [-0.4, -0.2) is 42.2 Å². The molecule has 0 bridgehead atoms. The van der Waals surface area contributed by atoms with Gasteiger partial charge in [0.15, 0.2) is 0 Å². The zero-order valence-corrected chi connectivity index (χ0v) is 18.2. The predicted octanol–water partition coefficient (Wildman–Crippen LogP) is 4.47. The molecule has 0 fully saturated rings. The van der Waals surface area contributed by atoms with E-state index >= 15 is 0 Å². The van der Waals surface area contributed by atoms with Gasteiger partial charge in [-0.3, -0.25) is 9.69 Å². The number of ether oxygens (including phenoxy) is 1. The molecule has 3 heterocycles. The zero-order valence-electron chi connectivity index (χ0n) is 17.4. The van der Waals surface area contributed by atoms with E-state index in [1.54, 1.807) is 29.7 Å². The SMILES string of the molecule is COc1ccc(C2=NN(C(=O)CN(C)Cc3sccc3C)[C@H](c3ccco3)C2)cc1. The number of rotatable bonds is 7. The molecule has 4 rings (SSSR count). The van der Waals surface area contributed by atoms with Crippen molar-refractivity contribution in [1.29, 1.82) is 0 Å². The van der Waals surface area contributed by atoms with Crippen molar-refractivity contribution in [3.8, 4) is 5.75 Å². The molecule has 1 aromatic carbocycles. The van der Waals surface area contributed by atoms with Crippen LogP contribution in [0.3, 0.4) is 0 Å². The summed E-state index contributed by atoms with van der Waals surface area (Å²) in [5.41, 5.74) is 3.10. The van der Waals surface area contributed by atoms with Crippen LogP contribution in [0.1, 0.15) is 34.2 Å². The minimum absolute atomic E-state index is 0.0448. The normalized spacial score (nSPS) is 16.2. The predicted molar refractivity (Wildman–Crippen MR) is 118 cm³/mol. The van der Waals surface area contributed by atoms with Crippen LogP contribution < -0.4 is 4.74 Å². The van der Waals surface area contributed by atoms with E-state index in [1.165, 1.54) is 10.4 Å². The van der Waals surface area contributed by atoms with E-state index in [4.69, 9.17) is 14.3 Å². The van der Waals surface area contributed by atoms with Gasteiger partial charge in [-0.25, -0.2) is 5.01 Å². The number of furan rings is 1. The fourth-order valence-corrected chi connectivity index (χ4v) is 4.56. The zero-order chi connectivity index (χ0) is 21.1. The second kappa shape index (κ2) is 8.85. The highest BCUT2D eigenvalue weighted by atomic mass is 32.1. The summed E-state index contributed by atoms with van der Waals surface area (Å²) in [7, 11) is 3.60. The Hall–Kier alpha value is -2.90. The lowest BCUT2D eigenvalue weighted by atomic mass is 10.0. The first-order valence-electron chi connectivity index (χ1n) is 9.84. The molecule has 2 aromatic heterocycles. The van der Waals surface area contributed by atoms with Crippen LogP contribution in [0.4, 0.5) is 0 Å². The van der Waals surface area contributed by atoms with Gasteiger partial charge in [-0.2, -0.15) is 5.10 Å². The Morgan fingerprint density at radius 1 is 1.30 bits per heavy atom. The molecule has 1 atom stereocenters. The number of amides is 1. The lowest BCUT2D eigenvalue weighted by Crippen LogP contribution is -2.36. The number of aryl methyl sites for hydroxylation is 1. The first-order valence-corrected chi connectivity index (χ1v) is 10.7. The second-order valence-corrected chi connectivity index (χ2v) is 8.45. The molecule has 0 radical (unpaired) electrons. The Balaban J connectivity index is 1.53. The summed E-state index contributed by atoms with van der Waals surface area (Å²) in [4.78, 5) is 16.5. The Morgan fingerprint density at radius 3 is 2.73 bits per heavy atom. The average molecular weight is 424 g/mol. The van der Waals surface area contributed by atoms with Gasteiger partial charge in [0.1, 0.15) is 17.6 Å². The number of methoxy groups -OCH3 is 1. The summed E-state index contributed by atoms with van der Waals surface area (Å²) in [6, 6.07) is 13.4. The van der Waals surface area contributed by atoms with E-state index in [1.807, 2.05) is 48.3 Å². The van der Waals surface area contributed by atoms with Crippen molar-refractivity contribution in [1.82, 2.24) is 9.91 Å². The third-order valence-corrected chi connectivity index (χ3v) is 6.26. The van der Waals surface area contributed by atoms with Gasteiger partial charge in [0.25, 0.3) is 5.91 Å². The van der Waals surface area contributed by atoms with E-state index in [2.05, 4.69) is 18.4 Å². The maximum atomic E-state index is 13.2. The molecule has 0 saturated heterocycles. The van der Waals surface area contributed by atoms with Crippen molar-refractivity contribution in [2.45, 2.75) is 25.9 Å². The molecule has 156 valence electrons. The smallest absolute Gasteiger partial charge is 0.257 e. The number of hydrogen-bond donors (Lipinski definition) is 0. The molecular formula is C23H25N3O3S. The van der Waals surface area contributed by atoms with E-state index in [9.17, 15) is 4.79 Å². The molecule has 0 unspecified atom stereocenters. The third kappa shape index (κ3) is 4.32. The van der Waals surface area contributed by atoms with Gasteiger partial charge in [0, 0.05) is 17.8 Å². The lowest BCUT2D eigenvalue weighted by Gasteiger charge is -2.23. The van der Waals surface area contributed by atoms with Crippen molar-refractivity contribution in [2.75, 3.05) is 20.7 Å². The number of likely N-dealkylation sites (N-methyl/N-ethyl adjacent to an activating group) is 1. The van der Waals surface area contributed by atoms with E-state index in [0.29, 0.717) is 6.42 Å². The van der Waals surface area contributed by atoms with E-state index in [0.717, 1.165) is 29.3 Å². The quantitative estimate of drug-likeness (QED) is 0.563. The summed E-state index contributed by atoms with van der Waals surface area (Å²) >= 11 is 1.72. The molecule has 0 N–H and O–H groups in total. The number of carbonyl (C=O) groups excluding carboxylic acids is 1. The van der Waals surface area contributed by atoms with E-state index in [-0.39, 0.29) is 18.5 Å². The maximum Gasteiger partial charge on any atom is 0.257 e. The van der Waals surface area contributed by atoms with Crippen LogP contribution >= 0.6 is 11.3 Å². The van der Waals surface area contributed by atoms with Gasteiger partial charge in [-0.15, -0.1) is 11.3 Å². The summed E-state index contributed by atoms with van der Waals surface area (Å²) in [5.74, 6) is 1.49. The molecule has 6 nitrogen and oxygen atoms in total. The van der Waals surface area contributed by atoms with Crippen LogP contribution in [-0.2, 0) is 11.3 Å². The highest BCUT2D eigenvalue weighted by Crippen LogP contribution is 2.33. The Kier molecular flexibility index (Phi) is 6.01. The van der Waals surface area contributed by atoms with Crippen LogP contribution in [0.5, 0.6) is 5.75 Å². The van der Waals surface area contributed by atoms with Crippen molar-refractivity contribution >= 4 is 23.0 Å². The monoisotopic (exact) mass is 423 g/mol. The van der Waals surface area contributed by atoms with Gasteiger partial charge in [0.2, 0.25) is 0 Å². The molecule has 7 heteroatoms. The topological polar surface area (TPSA) is 58.3 Å². The second-order valence-electron chi connectivity index (χ2n) is 7.45. The molecule has 0 aliphatic carbocycles. The molecular weight excluding hydrogens is 398 g/mol. The van der Waals surface area contributed by atoms with Crippen molar-refractivity contribution < 1.29 is 13.9 Å². The Labute approximate surface area is 180 Å². The van der Waals surface area contributed by atoms with Crippen molar-refractivity contribution in [3.05, 3.63) is 75.9 Å². The van der Waals surface area contributed by atoms with Crippen LogP contribution in [0.25, 0.3) is 0 Å². The molecule has 0 spiro atoms. The first-order chi connectivity index (χ1) is 14.5. The van der Waals surface area contributed by atoms with Crippen LogP contribution in [0.15, 0.2) is 63.6 Å². The van der Waals surface area contributed by atoms with Gasteiger partial charge in [-0.1, -0.05) is 0 Å². The van der Waals surface area contributed by atoms with Crippen molar-refractivity contribution in [2.24, 2.45) is 5.10 Å². The minimum Gasteiger partial charge on any atom is -0.497 e. The van der Waals surface area contributed by atoms with Crippen LogP contribution in [0, 0.1) is 6.92 Å². The Morgan fingerprint density at radius 2 is 2.10 bits per heavy atom. The number of nitrogens with zero attached hydrogens (tertiary/aromatic N) is 3. The number of hydrogen-bond acceptors (Lipinski definition) is 6. The highest BCUT2D eigenvalue weighted by molar-refractivity contribution is 7.10. The number of carbonyl (C=O) groups is 1. The largest absolute Gasteiger partial charge is 0.497 e. The fraction of sp³-hybridized carbons (Fsp3) is 0.304. The molecule has 1 aliphatic heterocycles. The summed E-state index contributed by atoms with van der Waals surface area (Å²) < 4.78 is 10.9. The standard InChI is InChI=1S/C23H25N3O3S/c1-16-10-12-30-22(16)14-25(2)15-23(27)26-20(21-5-4-11-29-21)13-19(24-26)17-6-8-18(28-3)9-7-17/h4-12,20H,13-15H2,1-3H3/t20-/m0/s1. The lowest BCUT2D eigenvalue weighted by molar-refractivity contribution is -0.134. The van der Waals surface area contributed by atoms with Gasteiger partial charge in [-0.05, 0) is 72.9 Å². The molecule has 1 aliphatic rings. The first kappa shape index (κ1) is 20.4. The number of hydrazone groups is 1. The maximum absolute atomic E-state index is 13.2. The number of benzene rings is 1. The summed E-state index contributed by atoms with van der Waals surface area (Å²) in [6.45, 7) is 3.12. The fourth-order valence-electron chi connectivity index (χ4n) is 3.57. The van der Waals surface area contributed by atoms with Gasteiger partial charge in [0.05, 0.1) is 25.6 Å². The molecule has 1 amide bonds. The highest BCUT2D eigenvalue weighted by Gasteiger charge is 2.35. The van der Waals surface area contributed by atoms with Gasteiger partial charge < -0.3 is 9.15 Å². The summed E-state index contributed by atoms with van der Waals surface area (Å²) in [5, 5.41) is 8.36. The van der Waals surface area contributed by atoms with Crippen LogP contribution in [0.2, 0.25) is 0 Å². The minimum atomic E-state index is -0.235. The third-order valence-electron chi connectivity index (χ3n) is 5.25. The van der Waals surface area contributed by atoms with Gasteiger partial charge >= 0.3 is 0 Å². The average Bonchev–Trinajstić information content (AvgIpc) is 3.49.